The molecule has 4 aromatic carbocycles. The molecule has 0 saturated heterocycles. The van der Waals surface area contributed by atoms with Gasteiger partial charge in [-0.2, -0.15) is 0 Å². The smallest absolute Gasteiger partial charge is 0.249 e. The van der Waals surface area contributed by atoms with Crippen LogP contribution in [0.25, 0.3) is 32.9 Å². The van der Waals surface area contributed by atoms with Gasteiger partial charge in [0.05, 0.1) is 17.6 Å². The van der Waals surface area contributed by atoms with Gasteiger partial charge in [0.2, 0.25) is 5.91 Å². The molecule has 2 N–H and O–H groups in total. The van der Waals surface area contributed by atoms with E-state index >= 15 is 0 Å². The number of hydrogen-bond acceptors (Lipinski definition) is 1. The molecule has 1 heterocycles. The highest BCUT2D eigenvalue weighted by Gasteiger charge is 2.19. The Hall–Kier alpha value is -3.41. The Morgan fingerprint density at radius 3 is 2.39 bits per heavy atom. The number of nitrogens with zero attached hydrogens (tertiary/aromatic N) is 1. The number of nitrogens with two attached hydrogens (primary N) is 1. The van der Waals surface area contributed by atoms with Gasteiger partial charge in [-0.3, -0.25) is 4.79 Å². The minimum Gasteiger partial charge on any atom is -0.366 e. The zero-order valence-corrected chi connectivity index (χ0v) is 18.5. The summed E-state index contributed by atoms with van der Waals surface area (Å²) in [5.74, 6) is -1.90. The summed E-state index contributed by atoms with van der Waals surface area (Å²) in [5.41, 5.74) is 8.95. The highest BCUT2D eigenvalue weighted by molar-refractivity contribution is 6.39. The third-order valence-electron chi connectivity index (χ3n) is 5.65. The predicted molar refractivity (Wildman–Crippen MR) is 128 cm³/mol. The zero-order valence-electron chi connectivity index (χ0n) is 17.0. The number of fused-ring (bicyclic) bond motifs is 3. The van der Waals surface area contributed by atoms with Gasteiger partial charge in [-0.25, -0.2) is 8.78 Å². The topological polar surface area (TPSA) is 48.0 Å². The molecule has 5 rings (SSSR count). The van der Waals surface area contributed by atoms with E-state index in [1.165, 1.54) is 12.1 Å². The summed E-state index contributed by atoms with van der Waals surface area (Å²) in [6, 6.07) is 20.7. The summed E-state index contributed by atoms with van der Waals surface area (Å²) in [4.78, 5) is 12.2. The predicted octanol–water partition coefficient (Wildman–Crippen LogP) is 6.99. The Kier molecular flexibility index (Phi) is 5.31. The summed E-state index contributed by atoms with van der Waals surface area (Å²) >= 11 is 12.8. The molecule has 0 saturated carbocycles. The molecular formula is C26H15Cl2F2N2O. The summed E-state index contributed by atoms with van der Waals surface area (Å²) < 4.78 is 29.8. The average Bonchev–Trinajstić information content (AvgIpc) is 3.08. The number of benzene rings is 4. The summed E-state index contributed by atoms with van der Waals surface area (Å²) in [6.45, 7) is 0.0991. The molecule has 1 radical (unpaired) electrons. The van der Waals surface area contributed by atoms with Crippen LogP contribution in [0.1, 0.15) is 15.9 Å². The molecule has 3 nitrogen and oxygen atoms in total. The molecule has 0 aliphatic rings. The van der Waals surface area contributed by atoms with E-state index in [0.29, 0.717) is 54.1 Å². The van der Waals surface area contributed by atoms with Crippen LogP contribution in [0.5, 0.6) is 0 Å². The lowest BCUT2D eigenvalue weighted by Gasteiger charge is -2.11. The average molecular weight is 480 g/mol. The molecule has 0 bridgehead atoms. The first-order valence-electron chi connectivity index (χ1n) is 10.00. The molecule has 0 fully saturated rings. The SMILES string of the molecule is NC(=O)c1cccc2c1c1[c]cc(-c3c(Cl)cccc3Cl)cc1n2Cc1ccc(F)cc1F. The van der Waals surface area contributed by atoms with E-state index in [2.05, 4.69) is 6.07 Å². The molecule has 0 spiro atoms. The van der Waals surface area contributed by atoms with Crippen LogP contribution in [0.15, 0.2) is 66.7 Å². The van der Waals surface area contributed by atoms with Crippen LogP contribution < -0.4 is 5.73 Å². The van der Waals surface area contributed by atoms with E-state index in [4.69, 9.17) is 28.9 Å². The van der Waals surface area contributed by atoms with Crippen molar-refractivity contribution in [1.82, 2.24) is 4.57 Å². The van der Waals surface area contributed by atoms with Gasteiger partial charge < -0.3 is 10.3 Å². The summed E-state index contributed by atoms with van der Waals surface area (Å²) in [7, 11) is 0. The maximum atomic E-state index is 14.5. The minimum atomic E-state index is -0.662. The number of carbonyl (C=O) groups excluding carboxylic acids is 1. The van der Waals surface area contributed by atoms with Crippen molar-refractivity contribution in [2.45, 2.75) is 6.54 Å². The van der Waals surface area contributed by atoms with Crippen molar-refractivity contribution in [2.24, 2.45) is 5.73 Å². The highest BCUT2D eigenvalue weighted by Crippen LogP contribution is 2.39. The van der Waals surface area contributed by atoms with Crippen LogP contribution in [0.2, 0.25) is 10.0 Å². The molecule has 5 aromatic rings. The highest BCUT2D eigenvalue weighted by atomic mass is 35.5. The first-order chi connectivity index (χ1) is 15.8. The maximum Gasteiger partial charge on any atom is 0.249 e. The fraction of sp³-hybridized carbons (Fsp3) is 0.0385. The number of rotatable bonds is 4. The molecule has 1 aromatic heterocycles. The van der Waals surface area contributed by atoms with Crippen molar-refractivity contribution < 1.29 is 13.6 Å². The molecule has 0 atom stereocenters. The molecule has 1 amide bonds. The van der Waals surface area contributed by atoms with Crippen molar-refractivity contribution in [2.75, 3.05) is 0 Å². The molecule has 0 unspecified atom stereocenters. The molecule has 7 heteroatoms. The second-order valence-corrected chi connectivity index (χ2v) is 8.45. The van der Waals surface area contributed by atoms with Crippen LogP contribution in [0.3, 0.4) is 0 Å². The Labute approximate surface area is 197 Å². The Morgan fingerprint density at radius 1 is 0.970 bits per heavy atom. The lowest BCUT2D eigenvalue weighted by Crippen LogP contribution is -2.11. The standard InChI is InChI=1S/C26H15Cl2F2N2O/c27-19-4-2-5-20(28)24(19)14-8-10-17-23(11-14)32(13-15-7-9-16(29)12-21(15)30)22-6-1-3-18(25(17)22)26(31)33/h1-9,11-12H,13H2,(H2,31,33). The van der Waals surface area contributed by atoms with Gasteiger partial charge in [-0.05, 0) is 54.1 Å². The van der Waals surface area contributed by atoms with Crippen LogP contribution in [-0.2, 0) is 6.54 Å². The number of amides is 1. The molecule has 163 valence electrons. The number of hydrogen-bond donors (Lipinski definition) is 1. The van der Waals surface area contributed by atoms with Crippen molar-refractivity contribution in [1.29, 1.82) is 0 Å². The Bertz CT molecular complexity index is 1560. The number of carbonyl (C=O) groups is 1. The van der Waals surface area contributed by atoms with E-state index in [1.807, 2.05) is 16.7 Å². The lowest BCUT2D eigenvalue weighted by molar-refractivity contribution is 0.100. The summed E-state index contributed by atoms with van der Waals surface area (Å²) in [6.07, 6.45) is 0. The van der Waals surface area contributed by atoms with E-state index in [-0.39, 0.29) is 6.54 Å². The molecule has 33 heavy (non-hydrogen) atoms. The molecule has 0 aliphatic heterocycles. The Balaban J connectivity index is 1.83. The van der Waals surface area contributed by atoms with E-state index in [9.17, 15) is 13.6 Å². The van der Waals surface area contributed by atoms with Crippen LogP contribution >= 0.6 is 23.2 Å². The number of halogens is 4. The van der Waals surface area contributed by atoms with E-state index in [0.717, 1.165) is 6.07 Å². The van der Waals surface area contributed by atoms with Gasteiger partial charge in [-0.15, -0.1) is 0 Å². The van der Waals surface area contributed by atoms with Gasteiger partial charge in [-0.1, -0.05) is 41.4 Å². The lowest BCUT2D eigenvalue weighted by atomic mass is 10.0. The third-order valence-corrected chi connectivity index (χ3v) is 6.28. The first-order valence-corrected chi connectivity index (χ1v) is 10.8. The van der Waals surface area contributed by atoms with Gasteiger partial charge >= 0.3 is 0 Å². The zero-order chi connectivity index (χ0) is 23.3. The number of aromatic nitrogens is 1. The van der Waals surface area contributed by atoms with Crippen molar-refractivity contribution >= 4 is 50.9 Å². The second-order valence-electron chi connectivity index (χ2n) is 7.63. The largest absolute Gasteiger partial charge is 0.366 e. The van der Waals surface area contributed by atoms with E-state index < -0.39 is 17.5 Å². The fourth-order valence-corrected chi connectivity index (χ4v) is 4.79. The number of primary amides is 1. The normalized spacial score (nSPS) is 11.4. The van der Waals surface area contributed by atoms with Gasteiger partial charge in [0.1, 0.15) is 11.6 Å². The minimum absolute atomic E-state index is 0.0991. The second kappa shape index (κ2) is 8.18. The van der Waals surface area contributed by atoms with E-state index in [1.54, 1.807) is 36.4 Å². The van der Waals surface area contributed by atoms with Gasteiger partial charge in [0.25, 0.3) is 0 Å². The summed E-state index contributed by atoms with van der Waals surface area (Å²) in [5, 5.41) is 2.20. The fourth-order valence-electron chi connectivity index (χ4n) is 4.17. The van der Waals surface area contributed by atoms with Gasteiger partial charge in [0, 0.05) is 43.6 Å². The third kappa shape index (κ3) is 3.63. The first kappa shape index (κ1) is 21.4. The van der Waals surface area contributed by atoms with Gasteiger partial charge in [0.15, 0.2) is 0 Å². The van der Waals surface area contributed by atoms with Crippen molar-refractivity contribution in [3.63, 3.8) is 0 Å². The van der Waals surface area contributed by atoms with Crippen LogP contribution in [-0.4, -0.2) is 10.5 Å². The molecular weight excluding hydrogens is 465 g/mol. The Morgan fingerprint density at radius 2 is 1.70 bits per heavy atom. The van der Waals surface area contributed by atoms with Crippen molar-refractivity contribution in [3.05, 3.63) is 106 Å². The molecule has 0 aliphatic carbocycles. The monoisotopic (exact) mass is 479 g/mol. The quantitative estimate of drug-likeness (QED) is 0.296. The maximum absolute atomic E-state index is 14.5. The van der Waals surface area contributed by atoms with Crippen molar-refractivity contribution in [3.8, 4) is 11.1 Å². The van der Waals surface area contributed by atoms with Crippen LogP contribution in [0, 0.1) is 17.7 Å². The van der Waals surface area contributed by atoms with Crippen LogP contribution in [0.4, 0.5) is 8.78 Å².